The maximum absolute atomic E-state index is 11.0. The van der Waals surface area contributed by atoms with Crippen molar-refractivity contribution in [1.29, 1.82) is 5.26 Å². The Hall–Kier alpha value is -2.81. The Balaban J connectivity index is 1.90. The molecule has 2 heterocycles. The van der Waals surface area contributed by atoms with Crippen molar-refractivity contribution in [3.05, 3.63) is 41.5 Å². The zero-order valence-corrected chi connectivity index (χ0v) is 13.0. The lowest BCUT2D eigenvalue weighted by atomic mass is 9.91. The molecule has 6 heteroatoms. The highest BCUT2D eigenvalue weighted by atomic mass is 16.5. The first-order chi connectivity index (χ1) is 11.2. The number of carbonyl (C=O) groups is 1. The average molecular weight is 305 g/mol. The number of pyridine rings is 1. The van der Waals surface area contributed by atoms with Crippen LogP contribution in [0.2, 0.25) is 0 Å². The minimum atomic E-state index is 0.423. The molecule has 1 aliphatic rings. The number of aldehydes is 1. The standard InChI is InChI=1S/C17H16BN3O2/c18-15-5-4-14(9-13(15)11-22)23-16-6-3-12(10-19)17(20-16)21-7-1-2-8-21/h3-6,9,11H,1-2,7-8,18H2. The zero-order chi connectivity index (χ0) is 16.2. The average Bonchev–Trinajstić information content (AvgIpc) is 3.11. The third-order valence-corrected chi connectivity index (χ3v) is 3.98. The Morgan fingerprint density at radius 1 is 1.26 bits per heavy atom. The van der Waals surface area contributed by atoms with Crippen molar-refractivity contribution in [2.75, 3.05) is 18.0 Å². The largest absolute Gasteiger partial charge is 0.439 e. The van der Waals surface area contributed by atoms with Gasteiger partial charge in [0.2, 0.25) is 5.88 Å². The number of benzene rings is 1. The molecule has 1 fully saturated rings. The molecule has 3 rings (SSSR count). The van der Waals surface area contributed by atoms with Gasteiger partial charge in [-0.1, -0.05) is 11.5 Å². The van der Waals surface area contributed by atoms with Crippen LogP contribution in [-0.4, -0.2) is 32.2 Å². The van der Waals surface area contributed by atoms with Crippen molar-refractivity contribution in [2.24, 2.45) is 0 Å². The first-order valence-corrected chi connectivity index (χ1v) is 7.61. The molecule has 0 unspecified atom stereocenters. The van der Waals surface area contributed by atoms with Gasteiger partial charge in [-0.15, -0.1) is 0 Å². The van der Waals surface area contributed by atoms with E-state index in [1.165, 1.54) is 0 Å². The maximum Gasteiger partial charge on any atom is 0.221 e. The second-order valence-corrected chi connectivity index (χ2v) is 5.56. The van der Waals surface area contributed by atoms with E-state index < -0.39 is 0 Å². The predicted molar refractivity (Wildman–Crippen MR) is 90.5 cm³/mol. The summed E-state index contributed by atoms with van der Waals surface area (Å²) in [5.41, 5.74) is 2.05. The molecule has 2 aromatic rings. The molecule has 0 saturated carbocycles. The van der Waals surface area contributed by atoms with Crippen molar-refractivity contribution in [2.45, 2.75) is 12.8 Å². The summed E-state index contributed by atoms with van der Waals surface area (Å²) < 4.78 is 5.77. The highest BCUT2D eigenvalue weighted by Gasteiger charge is 2.18. The van der Waals surface area contributed by atoms with Crippen molar-refractivity contribution < 1.29 is 9.53 Å². The third-order valence-electron chi connectivity index (χ3n) is 3.98. The first kappa shape index (κ1) is 15.1. The Kier molecular flexibility index (Phi) is 4.29. The van der Waals surface area contributed by atoms with Crippen molar-refractivity contribution in [3.63, 3.8) is 0 Å². The van der Waals surface area contributed by atoms with Crippen LogP contribution in [0.15, 0.2) is 30.3 Å². The second-order valence-electron chi connectivity index (χ2n) is 5.56. The highest BCUT2D eigenvalue weighted by Crippen LogP contribution is 2.27. The van der Waals surface area contributed by atoms with Crippen LogP contribution in [0.1, 0.15) is 28.8 Å². The van der Waals surface area contributed by atoms with Crippen LogP contribution in [0.3, 0.4) is 0 Å². The molecule has 0 spiro atoms. The van der Waals surface area contributed by atoms with Gasteiger partial charge in [0.1, 0.15) is 26.0 Å². The minimum Gasteiger partial charge on any atom is -0.439 e. The molecular formula is C17H16BN3O2. The number of nitrogens with zero attached hydrogens (tertiary/aromatic N) is 3. The summed E-state index contributed by atoms with van der Waals surface area (Å²) in [6, 6.07) is 10.9. The summed E-state index contributed by atoms with van der Waals surface area (Å²) in [5, 5.41) is 9.26. The summed E-state index contributed by atoms with van der Waals surface area (Å²) in [4.78, 5) is 17.6. The lowest BCUT2D eigenvalue weighted by molar-refractivity contribution is 0.112. The number of hydrogen-bond donors (Lipinski definition) is 0. The fourth-order valence-electron chi connectivity index (χ4n) is 2.67. The van der Waals surface area contributed by atoms with Gasteiger partial charge in [-0.3, -0.25) is 4.79 Å². The first-order valence-electron chi connectivity index (χ1n) is 7.61. The highest BCUT2D eigenvalue weighted by molar-refractivity contribution is 6.35. The number of carbonyl (C=O) groups excluding carboxylic acids is 1. The zero-order valence-electron chi connectivity index (χ0n) is 13.0. The van der Waals surface area contributed by atoms with Crippen LogP contribution in [0.25, 0.3) is 0 Å². The fourth-order valence-corrected chi connectivity index (χ4v) is 2.67. The molecule has 0 N–H and O–H groups in total. The van der Waals surface area contributed by atoms with Crippen LogP contribution in [-0.2, 0) is 0 Å². The number of ether oxygens (including phenoxy) is 1. The molecule has 5 nitrogen and oxygen atoms in total. The van der Waals surface area contributed by atoms with Gasteiger partial charge in [-0.2, -0.15) is 10.2 Å². The van der Waals surface area contributed by atoms with E-state index in [1.54, 1.807) is 24.3 Å². The van der Waals surface area contributed by atoms with Crippen molar-refractivity contribution in [3.8, 4) is 17.7 Å². The monoisotopic (exact) mass is 305 g/mol. The summed E-state index contributed by atoms with van der Waals surface area (Å²) in [6.45, 7) is 1.82. The van der Waals surface area contributed by atoms with Gasteiger partial charge in [0.05, 0.1) is 5.56 Å². The SMILES string of the molecule is Bc1ccc(Oc2ccc(C#N)c(N3CCCC3)n2)cc1C=O. The van der Waals surface area contributed by atoms with Crippen molar-refractivity contribution >= 4 is 25.4 Å². The Labute approximate surface area is 135 Å². The molecular weight excluding hydrogens is 289 g/mol. The summed E-state index contributed by atoms with van der Waals surface area (Å²) in [6.07, 6.45) is 3.03. The molecule has 1 saturated heterocycles. The summed E-state index contributed by atoms with van der Waals surface area (Å²) in [7, 11) is 1.87. The Morgan fingerprint density at radius 2 is 2.04 bits per heavy atom. The van der Waals surface area contributed by atoms with Gasteiger partial charge in [-0.25, -0.2) is 0 Å². The van der Waals surface area contributed by atoms with Crippen molar-refractivity contribution in [1.82, 2.24) is 4.98 Å². The lowest BCUT2D eigenvalue weighted by Crippen LogP contribution is -2.20. The lowest BCUT2D eigenvalue weighted by Gasteiger charge is -2.18. The van der Waals surface area contributed by atoms with Gasteiger partial charge in [0.15, 0.2) is 5.82 Å². The molecule has 1 aliphatic heterocycles. The third kappa shape index (κ3) is 3.19. The molecule has 1 aromatic carbocycles. The molecule has 0 radical (unpaired) electrons. The number of nitriles is 1. The smallest absolute Gasteiger partial charge is 0.221 e. The molecule has 0 aliphatic carbocycles. The number of anilines is 1. The van der Waals surface area contributed by atoms with Gasteiger partial charge < -0.3 is 9.64 Å². The van der Waals surface area contributed by atoms with Crippen LogP contribution < -0.4 is 15.1 Å². The predicted octanol–water partition coefficient (Wildman–Crippen LogP) is 1.42. The fraction of sp³-hybridized carbons (Fsp3) is 0.235. The van der Waals surface area contributed by atoms with Gasteiger partial charge in [0, 0.05) is 24.7 Å². The Morgan fingerprint density at radius 3 is 2.74 bits per heavy atom. The van der Waals surface area contributed by atoms with E-state index in [4.69, 9.17) is 4.74 Å². The van der Waals surface area contributed by atoms with E-state index in [1.807, 2.05) is 13.9 Å². The topological polar surface area (TPSA) is 66.2 Å². The molecule has 0 bridgehead atoms. The van der Waals surface area contributed by atoms with E-state index in [0.717, 1.165) is 37.7 Å². The molecule has 0 amide bonds. The summed E-state index contributed by atoms with van der Waals surface area (Å²) >= 11 is 0. The molecule has 0 atom stereocenters. The van der Waals surface area contributed by atoms with E-state index in [0.29, 0.717) is 28.6 Å². The maximum atomic E-state index is 11.0. The van der Waals surface area contributed by atoms with Crippen LogP contribution in [0.4, 0.5) is 5.82 Å². The van der Waals surface area contributed by atoms with Crippen LogP contribution in [0, 0.1) is 11.3 Å². The molecule has 23 heavy (non-hydrogen) atoms. The second kappa shape index (κ2) is 6.53. The van der Waals surface area contributed by atoms with E-state index in [2.05, 4.69) is 16.0 Å². The number of hydrogen-bond acceptors (Lipinski definition) is 5. The van der Waals surface area contributed by atoms with Gasteiger partial charge in [0.25, 0.3) is 0 Å². The normalized spacial score (nSPS) is 13.6. The van der Waals surface area contributed by atoms with Gasteiger partial charge >= 0.3 is 0 Å². The van der Waals surface area contributed by atoms with Crippen LogP contribution in [0.5, 0.6) is 11.6 Å². The summed E-state index contributed by atoms with van der Waals surface area (Å²) in [5.74, 6) is 1.65. The van der Waals surface area contributed by atoms with Gasteiger partial charge in [-0.05, 0) is 31.0 Å². The van der Waals surface area contributed by atoms with E-state index in [9.17, 15) is 10.1 Å². The van der Waals surface area contributed by atoms with E-state index in [-0.39, 0.29) is 0 Å². The molecule has 1 aromatic heterocycles. The quantitative estimate of drug-likeness (QED) is 0.631. The number of aromatic nitrogens is 1. The Bertz CT molecular complexity index is 780. The molecule has 114 valence electrons. The number of rotatable bonds is 4. The van der Waals surface area contributed by atoms with E-state index >= 15 is 0 Å². The van der Waals surface area contributed by atoms with Crippen LogP contribution >= 0.6 is 0 Å². The minimum absolute atomic E-state index is 0.423.